The van der Waals surface area contributed by atoms with Gasteiger partial charge in [-0.2, -0.15) is 0 Å². The summed E-state index contributed by atoms with van der Waals surface area (Å²) in [5.74, 6) is 0.996. The summed E-state index contributed by atoms with van der Waals surface area (Å²) >= 11 is 0. The Labute approximate surface area is 133 Å². The van der Waals surface area contributed by atoms with Gasteiger partial charge in [0.2, 0.25) is 0 Å². The first kappa shape index (κ1) is 16.1. The summed E-state index contributed by atoms with van der Waals surface area (Å²) in [4.78, 5) is 14.6. The molecule has 5 nitrogen and oxygen atoms in total. The first-order valence-electron chi connectivity index (χ1n) is 8.95. The molecular formula is C17H30N2O3. The molecule has 0 bridgehead atoms. The van der Waals surface area contributed by atoms with Gasteiger partial charge in [-0.1, -0.05) is 13.8 Å². The number of rotatable bonds is 4. The fourth-order valence-electron chi connectivity index (χ4n) is 3.84. The molecule has 3 saturated heterocycles. The Morgan fingerprint density at radius 2 is 1.77 bits per heavy atom. The minimum atomic E-state index is 0.106. The lowest BCUT2D eigenvalue weighted by Crippen LogP contribution is -2.52. The van der Waals surface area contributed by atoms with Crippen molar-refractivity contribution in [3.63, 3.8) is 0 Å². The van der Waals surface area contributed by atoms with Gasteiger partial charge in [-0.3, -0.25) is 0 Å². The van der Waals surface area contributed by atoms with Crippen LogP contribution in [0.4, 0.5) is 4.79 Å². The molecule has 3 aliphatic heterocycles. The highest BCUT2D eigenvalue weighted by atomic mass is 16.6. The minimum Gasteiger partial charge on any atom is -0.381 e. The van der Waals surface area contributed by atoms with Crippen molar-refractivity contribution in [3.8, 4) is 0 Å². The van der Waals surface area contributed by atoms with Crippen LogP contribution in [0.5, 0.6) is 0 Å². The predicted octanol–water partition coefficient (Wildman–Crippen LogP) is 2.40. The average molecular weight is 310 g/mol. The van der Waals surface area contributed by atoms with E-state index in [0.717, 1.165) is 52.0 Å². The van der Waals surface area contributed by atoms with Crippen LogP contribution in [-0.2, 0) is 9.47 Å². The molecule has 0 aromatic heterocycles. The molecule has 5 heteroatoms. The molecule has 1 N–H and O–H groups in total. The molecule has 126 valence electrons. The monoisotopic (exact) mass is 310 g/mol. The van der Waals surface area contributed by atoms with Crippen LogP contribution in [-0.4, -0.2) is 55.5 Å². The number of likely N-dealkylation sites (tertiary alicyclic amines) is 1. The normalized spacial score (nSPS) is 31.1. The highest BCUT2D eigenvalue weighted by molar-refractivity contribution is 5.74. The number of urea groups is 1. The predicted molar refractivity (Wildman–Crippen MR) is 84.8 cm³/mol. The van der Waals surface area contributed by atoms with E-state index in [0.29, 0.717) is 17.9 Å². The third kappa shape index (κ3) is 3.74. The number of carbonyl (C=O) groups excluding carboxylic acids is 1. The first-order chi connectivity index (χ1) is 10.7. The van der Waals surface area contributed by atoms with Crippen molar-refractivity contribution in [1.82, 2.24) is 10.2 Å². The summed E-state index contributed by atoms with van der Waals surface area (Å²) < 4.78 is 11.4. The molecular weight excluding hydrogens is 280 g/mol. The molecule has 22 heavy (non-hydrogen) atoms. The molecule has 3 heterocycles. The highest BCUT2D eigenvalue weighted by Crippen LogP contribution is 2.37. The van der Waals surface area contributed by atoms with E-state index in [1.807, 2.05) is 4.90 Å². The molecule has 0 spiro atoms. The number of amides is 2. The quantitative estimate of drug-likeness (QED) is 0.811. The number of hydrogen-bond donors (Lipinski definition) is 1. The smallest absolute Gasteiger partial charge is 0.317 e. The Balaban J connectivity index is 1.61. The summed E-state index contributed by atoms with van der Waals surface area (Å²) in [5.41, 5.74) is 0. The lowest BCUT2D eigenvalue weighted by Gasteiger charge is -2.33. The Morgan fingerprint density at radius 3 is 2.36 bits per heavy atom. The second kappa shape index (κ2) is 7.18. The van der Waals surface area contributed by atoms with Crippen molar-refractivity contribution in [2.75, 3.05) is 26.3 Å². The topological polar surface area (TPSA) is 54.1 Å². The lowest BCUT2D eigenvalue weighted by molar-refractivity contribution is 0.0497. The Hall–Kier alpha value is -0.810. The van der Waals surface area contributed by atoms with Crippen molar-refractivity contribution in [3.05, 3.63) is 0 Å². The molecule has 2 amide bonds. The standard InChI is InChI=1S/C17H30N2O3/c1-12(2)15-16(22-15)14(13-6-10-21-11-7-13)18-17(20)19-8-4-3-5-9-19/h12-16H,3-11H2,1-2H3,(H,18,20)/t14-,15?,16?/m0/s1. The minimum absolute atomic E-state index is 0.106. The van der Waals surface area contributed by atoms with Gasteiger partial charge in [-0.25, -0.2) is 4.79 Å². The summed E-state index contributed by atoms with van der Waals surface area (Å²) in [6, 6.07) is 0.250. The van der Waals surface area contributed by atoms with Gasteiger partial charge in [0.05, 0.1) is 12.1 Å². The number of ether oxygens (including phenoxy) is 2. The van der Waals surface area contributed by atoms with E-state index >= 15 is 0 Å². The number of nitrogens with one attached hydrogen (secondary N) is 1. The molecule has 3 aliphatic rings. The van der Waals surface area contributed by atoms with Crippen LogP contribution in [0.2, 0.25) is 0 Å². The maximum Gasteiger partial charge on any atom is 0.317 e. The van der Waals surface area contributed by atoms with E-state index in [2.05, 4.69) is 19.2 Å². The van der Waals surface area contributed by atoms with Crippen molar-refractivity contribution >= 4 is 6.03 Å². The van der Waals surface area contributed by atoms with Crippen LogP contribution < -0.4 is 5.32 Å². The van der Waals surface area contributed by atoms with Crippen molar-refractivity contribution < 1.29 is 14.3 Å². The number of epoxide rings is 1. The van der Waals surface area contributed by atoms with Gasteiger partial charge in [0, 0.05) is 26.3 Å². The fourth-order valence-corrected chi connectivity index (χ4v) is 3.84. The number of piperidine rings is 1. The van der Waals surface area contributed by atoms with E-state index in [1.54, 1.807) is 0 Å². The Kier molecular flexibility index (Phi) is 5.24. The third-order valence-electron chi connectivity index (χ3n) is 5.28. The Morgan fingerprint density at radius 1 is 1.09 bits per heavy atom. The van der Waals surface area contributed by atoms with E-state index < -0.39 is 0 Å². The van der Waals surface area contributed by atoms with E-state index in [9.17, 15) is 4.79 Å². The number of hydrogen-bond acceptors (Lipinski definition) is 3. The largest absolute Gasteiger partial charge is 0.381 e. The number of nitrogens with zero attached hydrogens (tertiary/aromatic N) is 1. The third-order valence-corrected chi connectivity index (χ3v) is 5.28. The van der Waals surface area contributed by atoms with Crippen LogP contribution in [0.15, 0.2) is 0 Å². The zero-order valence-corrected chi connectivity index (χ0v) is 13.9. The van der Waals surface area contributed by atoms with Gasteiger partial charge in [0.1, 0.15) is 6.10 Å². The molecule has 3 fully saturated rings. The van der Waals surface area contributed by atoms with Crippen LogP contribution in [0.1, 0.15) is 46.0 Å². The molecule has 0 radical (unpaired) electrons. The molecule has 2 unspecified atom stereocenters. The molecule has 0 aliphatic carbocycles. The summed E-state index contributed by atoms with van der Waals surface area (Å²) in [6.07, 6.45) is 6.04. The van der Waals surface area contributed by atoms with E-state index in [1.165, 1.54) is 6.42 Å². The van der Waals surface area contributed by atoms with Gasteiger partial charge in [-0.15, -0.1) is 0 Å². The molecule has 3 atom stereocenters. The molecule has 0 aromatic rings. The fraction of sp³-hybridized carbons (Fsp3) is 0.941. The molecule has 0 saturated carbocycles. The maximum absolute atomic E-state index is 12.6. The number of carbonyl (C=O) groups is 1. The SMILES string of the molecule is CC(C)C1OC1[C@@H](NC(=O)N1CCCCC1)C1CCOCC1. The molecule has 3 rings (SSSR count). The van der Waals surface area contributed by atoms with Gasteiger partial charge < -0.3 is 19.7 Å². The Bertz CT molecular complexity index is 376. The molecule has 0 aromatic carbocycles. The zero-order chi connectivity index (χ0) is 15.5. The highest BCUT2D eigenvalue weighted by Gasteiger charge is 2.50. The van der Waals surface area contributed by atoms with Gasteiger partial charge in [0.15, 0.2) is 0 Å². The van der Waals surface area contributed by atoms with Crippen molar-refractivity contribution in [1.29, 1.82) is 0 Å². The van der Waals surface area contributed by atoms with E-state index in [-0.39, 0.29) is 18.2 Å². The lowest BCUT2D eigenvalue weighted by atomic mass is 9.87. The van der Waals surface area contributed by atoms with Gasteiger partial charge >= 0.3 is 6.03 Å². The van der Waals surface area contributed by atoms with Crippen LogP contribution >= 0.6 is 0 Å². The van der Waals surface area contributed by atoms with Crippen molar-refractivity contribution in [2.45, 2.75) is 64.2 Å². The first-order valence-corrected chi connectivity index (χ1v) is 8.95. The summed E-state index contributed by atoms with van der Waals surface area (Å²) in [5, 5.41) is 3.31. The van der Waals surface area contributed by atoms with Crippen LogP contribution in [0.3, 0.4) is 0 Å². The second-order valence-electron chi connectivity index (χ2n) is 7.28. The van der Waals surface area contributed by atoms with E-state index in [4.69, 9.17) is 9.47 Å². The van der Waals surface area contributed by atoms with Crippen LogP contribution in [0, 0.1) is 11.8 Å². The van der Waals surface area contributed by atoms with Crippen LogP contribution in [0.25, 0.3) is 0 Å². The summed E-state index contributed by atoms with van der Waals surface area (Å²) in [6.45, 7) is 7.78. The maximum atomic E-state index is 12.6. The van der Waals surface area contributed by atoms with Crippen molar-refractivity contribution in [2.24, 2.45) is 11.8 Å². The van der Waals surface area contributed by atoms with Gasteiger partial charge in [0.25, 0.3) is 0 Å². The summed E-state index contributed by atoms with van der Waals surface area (Å²) in [7, 11) is 0. The van der Waals surface area contributed by atoms with Gasteiger partial charge in [-0.05, 0) is 43.9 Å². The second-order valence-corrected chi connectivity index (χ2v) is 7.28. The zero-order valence-electron chi connectivity index (χ0n) is 13.9. The average Bonchev–Trinajstić information content (AvgIpc) is 3.34.